The Labute approximate surface area is 201 Å². The maximum Gasteiger partial charge on any atom is 0.339 e. The van der Waals surface area contributed by atoms with E-state index in [1.54, 1.807) is 0 Å². The molecule has 2 aliphatic rings. The Kier molecular flexibility index (Phi) is 5.76. The number of fused-ring (bicyclic) bond motifs is 1. The van der Waals surface area contributed by atoms with Crippen molar-refractivity contribution in [1.29, 1.82) is 0 Å². The van der Waals surface area contributed by atoms with E-state index in [-0.39, 0.29) is 0 Å². The van der Waals surface area contributed by atoms with Gasteiger partial charge in [-0.3, -0.25) is 0 Å². The molecule has 1 N–H and O–H groups in total. The van der Waals surface area contributed by atoms with Crippen LogP contribution in [-0.4, -0.2) is 31.8 Å². The van der Waals surface area contributed by atoms with Crippen molar-refractivity contribution in [2.75, 3.05) is 25.6 Å². The molecule has 2 atom stereocenters. The summed E-state index contributed by atoms with van der Waals surface area (Å²) in [7, 11) is 1.42. The van der Waals surface area contributed by atoms with Gasteiger partial charge in [-0.05, 0) is 80.5 Å². The van der Waals surface area contributed by atoms with E-state index in [1.807, 2.05) is 32.9 Å². The van der Waals surface area contributed by atoms with E-state index >= 15 is 0 Å². The Balaban J connectivity index is 1.84. The van der Waals surface area contributed by atoms with Gasteiger partial charge in [0.05, 0.1) is 19.3 Å². The molecule has 0 saturated carbocycles. The lowest BCUT2D eigenvalue weighted by Gasteiger charge is -2.35. The van der Waals surface area contributed by atoms with Gasteiger partial charge in [-0.15, -0.1) is 0 Å². The standard InChI is InChI=1S/C29H33NO4/c1-17-16-19-8-6-7-9-20(19)25(23(17)27(28(31)32-5)34-29(2,3)4)21-10-11-22-24-18(13-15-33-22)12-14-30-26(21)24/h6-11,16,18,27,30H,12-15H2,1-5H3/t18?,27-/m0/s1. The van der Waals surface area contributed by atoms with Crippen molar-refractivity contribution in [1.82, 2.24) is 0 Å². The second kappa shape index (κ2) is 8.62. The first-order chi connectivity index (χ1) is 16.3. The molecule has 0 radical (unpaired) electrons. The van der Waals surface area contributed by atoms with Crippen LogP contribution in [0.4, 0.5) is 5.69 Å². The second-order valence-corrected chi connectivity index (χ2v) is 10.3. The SMILES string of the molecule is COC(=O)[C@@H](OC(C)(C)C)c1c(C)cc2ccccc2c1-c1ccc2c3c1NCCC3CCO2. The van der Waals surface area contributed by atoms with Gasteiger partial charge in [-0.1, -0.05) is 30.3 Å². The van der Waals surface area contributed by atoms with Gasteiger partial charge in [-0.25, -0.2) is 4.79 Å². The van der Waals surface area contributed by atoms with Crippen molar-refractivity contribution in [2.24, 2.45) is 0 Å². The quantitative estimate of drug-likeness (QED) is 0.450. The minimum atomic E-state index is -0.844. The van der Waals surface area contributed by atoms with Crippen LogP contribution in [-0.2, 0) is 14.3 Å². The molecule has 0 aliphatic carbocycles. The first-order valence-electron chi connectivity index (χ1n) is 12.1. The summed E-state index contributed by atoms with van der Waals surface area (Å²) in [4.78, 5) is 13.1. The average molecular weight is 460 g/mol. The zero-order valence-corrected chi connectivity index (χ0v) is 20.7. The third-order valence-electron chi connectivity index (χ3n) is 6.85. The van der Waals surface area contributed by atoms with Crippen LogP contribution in [0.5, 0.6) is 5.75 Å². The fourth-order valence-electron chi connectivity index (χ4n) is 5.46. The first-order valence-corrected chi connectivity index (χ1v) is 12.1. The van der Waals surface area contributed by atoms with Crippen LogP contribution in [0.15, 0.2) is 42.5 Å². The number of methoxy groups -OCH3 is 1. The Morgan fingerprint density at radius 1 is 1.15 bits per heavy atom. The van der Waals surface area contributed by atoms with Gasteiger partial charge >= 0.3 is 5.97 Å². The van der Waals surface area contributed by atoms with Gasteiger partial charge in [0.15, 0.2) is 6.10 Å². The molecule has 5 rings (SSSR count). The molecule has 1 unspecified atom stereocenters. The lowest BCUT2D eigenvalue weighted by atomic mass is 9.81. The molecular weight excluding hydrogens is 426 g/mol. The van der Waals surface area contributed by atoms with Crippen molar-refractivity contribution in [2.45, 2.75) is 58.2 Å². The molecule has 2 aliphatic heterocycles. The van der Waals surface area contributed by atoms with Gasteiger partial charge in [0.2, 0.25) is 0 Å². The van der Waals surface area contributed by atoms with E-state index in [2.05, 4.69) is 42.6 Å². The number of rotatable bonds is 4. The summed E-state index contributed by atoms with van der Waals surface area (Å²) in [5, 5.41) is 5.89. The topological polar surface area (TPSA) is 56.8 Å². The number of esters is 1. The highest BCUT2D eigenvalue weighted by atomic mass is 16.6. The maximum absolute atomic E-state index is 13.1. The van der Waals surface area contributed by atoms with E-state index in [0.29, 0.717) is 5.92 Å². The van der Waals surface area contributed by atoms with Crippen LogP contribution in [0.25, 0.3) is 21.9 Å². The minimum absolute atomic E-state index is 0.393. The highest BCUT2D eigenvalue weighted by Crippen LogP contribution is 2.50. The molecule has 0 saturated heterocycles. The number of hydrogen-bond donors (Lipinski definition) is 1. The highest BCUT2D eigenvalue weighted by Gasteiger charge is 2.35. The molecular formula is C29H33NO4. The number of carbonyl (C=O) groups excluding carboxylic acids is 1. The zero-order chi connectivity index (χ0) is 24.0. The smallest absolute Gasteiger partial charge is 0.339 e. The third kappa shape index (κ3) is 3.92. The molecule has 3 aromatic carbocycles. The second-order valence-electron chi connectivity index (χ2n) is 10.3. The van der Waals surface area contributed by atoms with E-state index in [1.165, 1.54) is 12.7 Å². The maximum atomic E-state index is 13.1. The molecule has 0 spiro atoms. The summed E-state index contributed by atoms with van der Waals surface area (Å²) in [5.41, 5.74) is 5.80. The molecule has 3 aromatic rings. The summed E-state index contributed by atoms with van der Waals surface area (Å²) in [6, 6.07) is 14.7. The zero-order valence-electron chi connectivity index (χ0n) is 20.7. The third-order valence-corrected chi connectivity index (χ3v) is 6.85. The number of carbonyl (C=O) groups is 1. The Hall–Kier alpha value is -3.05. The highest BCUT2D eigenvalue weighted by molar-refractivity contribution is 6.04. The minimum Gasteiger partial charge on any atom is -0.493 e. The van der Waals surface area contributed by atoms with Crippen molar-refractivity contribution in [3.63, 3.8) is 0 Å². The van der Waals surface area contributed by atoms with E-state index in [4.69, 9.17) is 14.2 Å². The van der Waals surface area contributed by atoms with Crippen molar-refractivity contribution in [3.05, 3.63) is 59.2 Å². The number of hydrogen-bond acceptors (Lipinski definition) is 5. The van der Waals surface area contributed by atoms with Crippen molar-refractivity contribution < 1.29 is 19.0 Å². The fraction of sp³-hybridized carbons (Fsp3) is 0.414. The van der Waals surface area contributed by atoms with Crippen LogP contribution in [0.1, 0.15) is 62.3 Å². The molecule has 178 valence electrons. The van der Waals surface area contributed by atoms with Gasteiger partial charge in [-0.2, -0.15) is 0 Å². The normalized spacial score (nSPS) is 18.0. The Morgan fingerprint density at radius 3 is 2.71 bits per heavy atom. The van der Waals surface area contributed by atoms with Crippen LogP contribution in [0, 0.1) is 6.92 Å². The molecule has 5 nitrogen and oxygen atoms in total. The Morgan fingerprint density at radius 2 is 1.94 bits per heavy atom. The number of anilines is 1. The van der Waals surface area contributed by atoms with Crippen LogP contribution in [0.2, 0.25) is 0 Å². The molecule has 2 heterocycles. The average Bonchev–Trinajstić information content (AvgIpc) is 2.82. The van der Waals surface area contributed by atoms with Crippen molar-refractivity contribution in [3.8, 4) is 16.9 Å². The summed E-state index contributed by atoms with van der Waals surface area (Å²) in [5.74, 6) is 1.06. The largest absolute Gasteiger partial charge is 0.493 e. The molecule has 0 amide bonds. The predicted molar refractivity (Wildman–Crippen MR) is 136 cm³/mol. The molecule has 5 heteroatoms. The van der Waals surface area contributed by atoms with Crippen LogP contribution >= 0.6 is 0 Å². The predicted octanol–water partition coefficient (Wildman–Crippen LogP) is 6.53. The van der Waals surface area contributed by atoms with Gasteiger partial charge in [0.25, 0.3) is 0 Å². The molecule has 0 fully saturated rings. The lowest BCUT2D eigenvalue weighted by Crippen LogP contribution is -2.29. The lowest BCUT2D eigenvalue weighted by molar-refractivity contribution is -0.164. The fourth-order valence-corrected chi connectivity index (χ4v) is 5.46. The van der Waals surface area contributed by atoms with E-state index in [0.717, 1.165) is 70.5 Å². The van der Waals surface area contributed by atoms with E-state index < -0.39 is 17.7 Å². The van der Waals surface area contributed by atoms with Gasteiger partial charge in [0.1, 0.15) is 5.75 Å². The molecule has 34 heavy (non-hydrogen) atoms. The summed E-state index contributed by atoms with van der Waals surface area (Å²) >= 11 is 0. The number of benzene rings is 3. The summed E-state index contributed by atoms with van der Waals surface area (Å²) < 4.78 is 17.6. The number of ether oxygens (including phenoxy) is 3. The Bertz CT molecular complexity index is 1260. The van der Waals surface area contributed by atoms with Gasteiger partial charge < -0.3 is 19.5 Å². The van der Waals surface area contributed by atoms with Gasteiger partial charge in [0, 0.05) is 28.9 Å². The monoisotopic (exact) mass is 459 g/mol. The number of aryl methyl sites for hydroxylation is 1. The first kappa shape index (κ1) is 22.7. The molecule has 0 bridgehead atoms. The summed E-state index contributed by atoms with van der Waals surface area (Å²) in [6.45, 7) is 9.63. The summed E-state index contributed by atoms with van der Waals surface area (Å²) in [6.07, 6.45) is 1.29. The van der Waals surface area contributed by atoms with Crippen LogP contribution in [0.3, 0.4) is 0 Å². The van der Waals surface area contributed by atoms with Crippen molar-refractivity contribution >= 4 is 22.4 Å². The number of nitrogens with one attached hydrogen (secondary N) is 1. The van der Waals surface area contributed by atoms with E-state index in [9.17, 15) is 4.79 Å². The van der Waals surface area contributed by atoms with Crippen LogP contribution < -0.4 is 10.1 Å². The molecule has 0 aromatic heterocycles.